The molecule has 1 aliphatic heterocycles. The maximum Gasteiger partial charge on any atom is 0.256 e. The molecule has 2 amide bonds. The van der Waals surface area contributed by atoms with E-state index >= 15 is 0 Å². The summed E-state index contributed by atoms with van der Waals surface area (Å²) in [6, 6.07) is 14.6. The fourth-order valence-electron chi connectivity index (χ4n) is 2.85. The molecule has 0 bridgehead atoms. The van der Waals surface area contributed by atoms with E-state index in [9.17, 15) is 9.59 Å². The molecule has 0 aromatic heterocycles. The predicted octanol–water partition coefficient (Wildman–Crippen LogP) is 3.05. The lowest BCUT2D eigenvalue weighted by molar-refractivity contribution is -0.121. The van der Waals surface area contributed by atoms with Crippen LogP contribution in [0.3, 0.4) is 0 Å². The highest BCUT2D eigenvalue weighted by Gasteiger charge is 2.39. The number of nitrogens with zero attached hydrogens (tertiary/aromatic N) is 1. The van der Waals surface area contributed by atoms with Gasteiger partial charge in [0, 0.05) is 5.69 Å². The number of benzene rings is 2. The third-order valence-corrected chi connectivity index (χ3v) is 3.72. The highest BCUT2D eigenvalue weighted by Crippen LogP contribution is 2.25. The lowest BCUT2D eigenvalue weighted by Crippen LogP contribution is -2.34. The molecule has 1 heterocycles. The summed E-state index contributed by atoms with van der Waals surface area (Å²) in [5, 5.41) is 3.19. The Hall–Kier alpha value is -2.62. The number of amides is 2. The van der Waals surface area contributed by atoms with Gasteiger partial charge in [-0.3, -0.25) is 9.59 Å². The number of carbonyl (C=O) groups excluding carboxylic acids is 2. The SMILES string of the molecule is Cc1cc(C)cc(NC2CC(=O)N(c3ccccc3)C2=O)c1. The minimum atomic E-state index is -0.506. The Kier molecular flexibility index (Phi) is 3.67. The van der Waals surface area contributed by atoms with Crippen molar-refractivity contribution in [3.63, 3.8) is 0 Å². The van der Waals surface area contributed by atoms with Gasteiger partial charge in [0.15, 0.2) is 0 Å². The van der Waals surface area contributed by atoms with E-state index in [-0.39, 0.29) is 18.2 Å². The summed E-state index contributed by atoms with van der Waals surface area (Å²) in [6.07, 6.45) is 0.181. The molecule has 22 heavy (non-hydrogen) atoms. The van der Waals surface area contributed by atoms with E-state index in [1.807, 2.05) is 44.2 Å². The van der Waals surface area contributed by atoms with Crippen LogP contribution in [0.4, 0.5) is 11.4 Å². The van der Waals surface area contributed by atoms with Crippen LogP contribution in [0.2, 0.25) is 0 Å². The Bertz CT molecular complexity index is 705. The van der Waals surface area contributed by atoms with Crippen LogP contribution >= 0.6 is 0 Å². The molecule has 1 aliphatic rings. The molecule has 112 valence electrons. The van der Waals surface area contributed by atoms with E-state index in [1.165, 1.54) is 4.90 Å². The van der Waals surface area contributed by atoms with Gasteiger partial charge in [-0.25, -0.2) is 4.90 Å². The van der Waals surface area contributed by atoms with Gasteiger partial charge >= 0.3 is 0 Å². The highest BCUT2D eigenvalue weighted by molar-refractivity contribution is 6.23. The van der Waals surface area contributed by atoms with E-state index in [0.29, 0.717) is 5.69 Å². The summed E-state index contributed by atoms with van der Waals surface area (Å²) < 4.78 is 0. The van der Waals surface area contributed by atoms with Crippen LogP contribution in [-0.2, 0) is 9.59 Å². The molecule has 1 atom stereocenters. The van der Waals surface area contributed by atoms with Crippen LogP contribution in [0.5, 0.6) is 0 Å². The van der Waals surface area contributed by atoms with Crippen molar-refractivity contribution in [1.29, 1.82) is 0 Å². The molecule has 4 heteroatoms. The van der Waals surface area contributed by atoms with Crippen molar-refractivity contribution in [2.45, 2.75) is 26.3 Å². The first kappa shape index (κ1) is 14.3. The van der Waals surface area contributed by atoms with Gasteiger partial charge in [-0.1, -0.05) is 24.3 Å². The summed E-state index contributed by atoms with van der Waals surface area (Å²) in [5.41, 5.74) is 3.75. The van der Waals surface area contributed by atoms with Crippen LogP contribution in [0.1, 0.15) is 17.5 Å². The summed E-state index contributed by atoms with van der Waals surface area (Å²) in [6.45, 7) is 4.02. The minimum absolute atomic E-state index is 0.168. The van der Waals surface area contributed by atoms with Gasteiger partial charge in [-0.2, -0.15) is 0 Å². The molecule has 1 saturated heterocycles. The first-order valence-electron chi connectivity index (χ1n) is 7.31. The second-order valence-corrected chi connectivity index (χ2v) is 5.68. The van der Waals surface area contributed by atoms with Crippen molar-refractivity contribution in [2.75, 3.05) is 10.2 Å². The number of hydrogen-bond acceptors (Lipinski definition) is 3. The summed E-state index contributed by atoms with van der Waals surface area (Å²) in [7, 11) is 0. The maximum atomic E-state index is 12.5. The van der Waals surface area contributed by atoms with E-state index in [0.717, 1.165) is 16.8 Å². The van der Waals surface area contributed by atoms with Crippen molar-refractivity contribution in [2.24, 2.45) is 0 Å². The van der Waals surface area contributed by atoms with Crippen LogP contribution in [-0.4, -0.2) is 17.9 Å². The first-order valence-corrected chi connectivity index (χ1v) is 7.31. The van der Waals surface area contributed by atoms with E-state index in [1.54, 1.807) is 12.1 Å². The Balaban J connectivity index is 1.82. The first-order chi connectivity index (χ1) is 10.5. The Morgan fingerprint density at radius 1 is 1.00 bits per heavy atom. The number of rotatable bonds is 3. The number of nitrogens with one attached hydrogen (secondary N) is 1. The largest absolute Gasteiger partial charge is 0.373 e. The Morgan fingerprint density at radius 2 is 1.64 bits per heavy atom. The molecule has 1 unspecified atom stereocenters. The van der Waals surface area contributed by atoms with Gasteiger partial charge in [0.05, 0.1) is 12.1 Å². The minimum Gasteiger partial charge on any atom is -0.373 e. The average molecular weight is 294 g/mol. The molecule has 0 aliphatic carbocycles. The highest BCUT2D eigenvalue weighted by atomic mass is 16.2. The molecule has 1 fully saturated rings. The van der Waals surface area contributed by atoms with Crippen molar-refractivity contribution in [3.05, 3.63) is 59.7 Å². The van der Waals surface area contributed by atoms with Gasteiger partial charge in [0.25, 0.3) is 5.91 Å². The molecule has 0 radical (unpaired) electrons. The van der Waals surface area contributed by atoms with Gasteiger partial charge < -0.3 is 5.32 Å². The van der Waals surface area contributed by atoms with Crippen molar-refractivity contribution in [1.82, 2.24) is 0 Å². The van der Waals surface area contributed by atoms with E-state index < -0.39 is 6.04 Å². The zero-order valence-electron chi connectivity index (χ0n) is 12.7. The monoisotopic (exact) mass is 294 g/mol. The molecule has 1 N–H and O–H groups in total. The molecule has 0 saturated carbocycles. The number of para-hydroxylation sites is 1. The second-order valence-electron chi connectivity index (χ2n) is 5.68. The lowest BCUT2D eigenvalue weighted by Gasteiger charge is -2.16. The fourth-order valence-corrected chi connectivity index (χ4v) is 2.85. The normalized spacial score (nSPS) is 17.9. The van der Waals surface area contributed by atoms with Crippen LogP contribution < -0.4 is 10.2 Å². The lowest BCUT2D eigenvalue weighted by atomic mass is 10.1. The molecule has 4 nitrogen and oxygen atoms in total. The molecular weight excluding hydrogens is 276 g/mol. The van der Waals surface area contributed by atoms with Crippen LogP contribution in [0, 0.1) is 13.8 Å². The van der Waals surface area contributed by atoms with E-state index in [2.05, 4.69) is 11.4 Å². The summed E-state index contributed by atoms with van der Waals surface area (Å²) in [5.74, 6) is -0.367. The van der Waals surface area contributed by atoms with Gasteiger partial charge in [0.1, 0.15) is 6.04 Å². The van der Waals surface area contributed by atoms with E-state index in [4.69, 9.17) is 0 Å². The topological polar surface area (TPSA) is 49.4 Å². The number of carbonyl (C=O) groups is 2. The molecule has 3 rings (SSSR count). The predicted molar refractivity (Wildman–Crippen MR) is 86.9 cm³/mol. The number of hydrogen-bond donors (Lipinski definition) is 1. The Labute approximate surface area is 129 Å². The molecule has 2 aromatic rings. The standard InChI is InChI=1S/C18H18N2O2/c1-12-8-13(2)10-14(9-12)19-16-11-17(21)20(18(16)22)15-6-4-3-5-7-15/h3-10,16,19H,11H2,1-2H3. The molecule has 0 spiro atoms. The van der Waals surface area contributed by atoms with Gasteiger partial charge in [-0.05, 0) is 49.2 Å². The quantitative estimate of drug-likeness (QED) is 0.885. The average Bonchev–Trinajstić information content (AvgIpc) is 2.73. The van der Waals surface area contributed by atoms with Crippen molar-refractivity contribution < 1.29 is 9.59 Å². The van der Waals surface area contributed by atoms with Crippen LogP contribution in [0.15, 0.2) is 48.5 Å². The van der Waals surface area contributed by atoms with Crippen LogP contribution in [0.25, 0.3) is 0 Å². The third-order valence-electron chi connectivity index (χ3n) is 3.72. The fraction of sp³-hybridized carbons (Fsp3) is 0.222. The number of imide groups is 1. The van der Waals surface area contributed by atoms with Gasteiger partial charge in [-0.15, -0.1) is 0 Å². The molecular formula is C18H18N2O2. The smallest absolute Gasteiger partial charge is 0.256 e. The summed E-state index contributed by atoms with van der Waals surface area (Å²) in [4.78, 5) is 26.0. The summed E-state index contributed by atoms with van der Waals surface area (Å²) >= 11 is 0. The molecule has 2 aromatic carbocycles. The number of aryl methyl sites for hydroxylation is 2. The second kappa shape index (κ2) is 5.64. The zero-order chi connectivity index (χ0) is 15.7. The zero-order valence-corrected chi connectivity index (χ0v) is 12.7. The third kappa shape index (κ3) is 2.72. The van der Waals surface area contributed by atoms with Crippen molar-refractivity contribution in [3.8, 4) is 0 Å². The van der Waals surface area contributed by atoms with Crippen molar-refractivity contribution >= 4 is 23.2 Å². The maximum absolute atomic E-state index is 12.5. The number of anilines is 2. The Morgan fingerprint density at radius 3 is 2.27 bits per heavy atom. The van der Waals surface area contributed by atoms with Gasteiger partial charge in [0.2, 0.25) is 5.91 Å².